The summed E-state index contributed by atoms with van der Waals surface area (Å²) in [6.07, 6.45) is 1.64. The number of nitrogens with zero attached hydrogens (tertiary/aromatic N) is 1. The summed E-state index contributed by atoms with van der Waals surface area (Å²) in [5.74, 6) is -0.402. The van der Waals surface area contributed by atoms with Gasteiger partial charge in [-0.05, 0) is 42.7 Å². The van der Waals surface area contributed by atoms with E-state index >= 15 is 0 Å². The molecule has 0 fully saturated rings. The summed E-state index contributed by atoms with van der Waals surface area (Å²) < 4.78 is 27.4. The van der Waals surface area contributed by atoms with Gasteiger partial charge in [0, 0.05) is 22.3 Å². The lowest BCUT2D eigenvalue weighted by Crippen LogP contribution is -2.24. The van der Waals surface area contributed by atoms with Gasteiger partial charge in [-0.2, -0.15) is 0 Å². The highest BCUT2D eigenvalue weighted by Gasteiger charge is 2.38. The van der Waals surface area contributed by atoms with Crippen LogP contribution in [0.25, 0.3) is 10.6 Å². The van der Waals surface area contributed by atoms with E-state index < -0.39 is 0 Å². The highest BCUT2D eigenvalue weighted by Crippen LogP contribution is 2.44. The largest absolute Gasteiger partial charge is 0.241 e. The normalized spacial score (nSPS) is 18.7. The lowest BCUT2D eigenvalue weighted by atomic mass is 9.78. The summed E-state index contributed by atoms with van der Waals surface area (Å²) in [6, 6.07) is 11.8. The molecule has 1 aromatic heterocycles. The fraction of sp³-hybridized carbons (Fsp3) is 0.286. The molecule has 4 heteroatoms. The second-order valence-electron chi connectivity index (χ2n) is 6.73. The Bertz CT molecular complexity index is 906. The van der Waals surface area contributed by atoms with Crippen molar-refractivity contribution < 1.29 is 8.78 Å². The average Bonchev–Trinajstić information content (AvgIpc) is 3.05. The zero-order chi connectivity index (χ0) is 16.9. The Morgan fingerprint density at radius 2 is 1.84 bits per heavy atom. The molecule has 0 radical (unpaired) electrons. The van der Waals surface area contributed by atoms with E-state index in [0.717, 1.165) is 40.2 Å². The van der Waals surface area contributed by atoms with E-state index in [1.165, 1.54) is 23.1 Å². The number of hydrogen-bond donors (Lipinski definition) is 0. The quantitative estimate of drug-likeness (QED) is 0.541. The minimum absolute atomic E-state index is 0. The number of halogens is 2. The minimum atomic E-state index is -0.247. The SMILES string of the molecule is C.Cc1c(F)cccc1C1(C)Cc2nc(-c3cccc(F)c3)sc2C1. The Labute approximate surface area is 151 Å². The molecule has 1 aliphatic carbocycles. The number of fused-ring (bicyclic) bond motifs is 1. The topological polar surface area (TPSA) is 12.9 Å². The van der Waals surface area contributed by atoms with Gasteiger partial charge in [0.25, 0.3) is 0 Å². The summed E-state index contributed by atoms with van der Waals surface area (Å²) in [4.78, 5) is 5.96. The molecule has 1 atom stereocenters. The maximum atomic E-state index is 13.9. The van der Waals surface area contributed by atoms with Gasteiger partial charge in [-0.25, -0.2) is 13.8 Å². The van der Waals surface area contributed by atoms with Crippen LogP contribution in [0.3, 0.4) is 0 Å². The summed E-state index contributed by atoms with van der Waals surface area (Å²) in [7, 11) is 0. The van der Waals surface area contributed by atoms with E-state index in [0.29, 0.717) is 0 Å². The van der Waals surface area contributed by atoms with Crippen molar-refractivity contribution in [3.8, 4) is 10.6 Å². The second kappa shape index (κ2) is 6.34. The first-order valence-corrected chi connectivity index (χ1v) is 8.78. The van der Waals surface area contributed by atoms with Gasteiger partial charge in [0.15, 0.2) is 0 Å². The van der Waals surface area contributed by atoms with Gasteiger partial charge in [-0.1, -0.05) is 38.6 Å². The third-order valence-electron chi connectivity index (χ3n) is 4.88. The van der Waals surface area contributed by atoms with E-state index in [1.54, 1.807) is 23.5 Å². The van der Waals surface area contributed by atoms with Crippen molar-refractivity contribution in [1.29, 1.82) is 0 Å². The van der Waals surface area contributed by atoms with Crippen molar-refractivity contribution in [2.24, 2.45) is 0 Å². The third kappa shape index (κ3) is 2.99. The number of thiazole rings is 1. The molecule has 0 saturated heterocycles. The molecule has 0 spiro atoms. The molecule has 1 heterocycles. The highest BCUT2D eigenvalue weighted by atomic mass is 32.1. The number of hydrogen-bond acceptors (Lipinski definition) is 2. The predicted octanol–water partition coefficient (Wildman–Crippen LogP) is 6.09. The molecule has 130 valence electrons. The third-order valence-corrected chi connectivity index (χ3v) is 6.02. The van der Waals surface area contributed by atoms with Crippen molar-refractivity contribution in [2.75, 3.05) is 0 Å². The molecule has 0 amide bonds. The smallest absolute Gasteiger partial charge is 0.126 e. The summed E-state index contributed by atoms with van der Waals surface area (Å²) >= 11 is 1.62. The van der Waals surface area contributed by atoms with Gasteiger partial charge in [-0.15, -0.1) is 11.3 Å². The first-order valence-electron chi connectivity index (χ1n) is 7.96. The molecule has 0 N–H and O–H groups in total. The van der Waals surface area contributed by atoms with Crippen LogP contribution >= 0.6 is 11.3 Å². The fourth-order valence-corrected chi connectivity index (χ4v) is 4.90. The molecule has 0 bridgehead atoms. The molecule has 1 unspecified atom stereocenters. The molecule has 0 aliphatic heterocycles. The van der Waals surface area contributed by atoms with Crippen LogP contribution in [-0.4, -0.2) is 4.98 Å². The van der Waals surface area contributed by atoms with Gasteiger partial charge in [0.05, 0.1) is 5.69 Å². The van der Waals surface area contributed by atoms with Crippen LogP contribution < -0.4 is 0 Å². The Morgan fingerprint density at radius 3 is 2.56 bits per heavy atom. The molecular weight excluding hydrogens is 336 g/mol. The molecule has 0 saturated carbocycles. The van der Waals surface area contributed by atoms with Gasteiger partial charge in [0.1, 0.15) is 16.6 Å². The van der Waals surface area contributed by atoms with E-state index in [4.69, 9.17) is 4.98 Å². The maximum Gasteiger partial charge on any atom is 0.126 e. The van der Waals surface area contributed by atoms with Crippen molar-refractivity contribution in [3.05, 3.63) is 75.8 Å². The summed E-state index contributed by atoms with van der Waals surface area (Å²) in [6.45, 7) is 4.01. The number of benzene rings is 2. The standard InChI is InChI=1S/C20H17F2NS.CH4/c1-12-15(7-4-8-16(12)22)20(2)10-17-18(11-20)24-19(23-17)13-5-3-6-14(21)9-13;/h3-9H,10-11H2,1-2H3;1H4. The fourth-order valence-electron chi connectivity index (χ4n) is 3.64. The van der Waals surface area contributed by atoms with Crippen LogP contribution in [0.15, 0.2) is 42.5 Å². The molecule has 2 aromatic carbocycles. The van der Waals surface area contributed by atoms with E-state index in [-0.39, 0.29) is 24.5 Å². The first kappa shape index (κ1) is 17.7. The van der Waals surface area contributed by atoms with Gasteiger partial charge >= 0.3 is 0 Å². The van der Waals surface area contributed by atoms with Crippen molar-refractivity contribution in [2.45, 2.75) is 39.5 Å². The van der Waals surface area contributed by atoms with Crippen molar-refractivity contribution >= 4 is 11.3 Å². The van der Waals surface area contributed by atoms with Gasteiger partial charge in [-0.3, -0.25) is 0 Å². The minimum Gasteiger partial charge on any atom is -0.241 e. The Morgan fingerprint density at radius 1 is 1.08 bits per heavy atom. The first-order chi connectivity index (χ1) is 11.5. The van der Waals surface area contributed by atoms with E-state index in [2.05, 4.69) is 6.92 Å². The second-order valence-corrected chi connectivity index (χ2v) is 7.81. The molecule has 25 heavy (non-hydrogen) atoms. The average molecular weight is 357 g/mol. The lowest BCUT2D eigenvalue weighted by molar-refractivity contribution is 0.491. The zero-order valence-corrected chi connectivity index (χ0v) is 14.4. The Balaban J connectivity index is 0.00000182. The predicted molar refractivity (Wildman–Crippen MR) is 100 cm³/mol. The highest BCUT2D eigenvalue weighted by molar-refractivity contribution is 7.15. The molecule has 1 nitrogen and oxygen atoms in total. The number of rotatable bonds is 2. The summed E-state index contributed by atoms with van der Waals surface area (Å²) in [5, 5.41) is 0.859. The van der Waals surface area contributed by atoms with Crippen LogP contribution in [0, 0.1) is 18.6 Å². The van der Waals surface area contributed by atoms with E-state index in [1.807, 2.05) is 19.1 Å². The zero-order valence-electron chi connectivity index (χ0n) is 13.6. The van der Waals surface area contributed by atoms with Crippen molar-refractivity contribution in [1.82, 2.24) is 4.98 Å². The van der Waals surface area contributed by atoms with Crippen LogP contribution in [0.4, 0.5) is 8.78 Å². The van der Waals surface area contributed by atoms with E-state index in [9.17, 15) is 8.78 Å². The monoisotopic (exact) mass is 357 g/mol. The Kier molecular flexibility index (Phi) is 4.50. The lowest BCUT2D eigenvalue weighted by Gasteiger charge is -2.26. The Hall–Kier alpha value is -2.07. The van der Waals surface area contributed by atoms with Crippen LogP contribution in [0.5, 0.6) is 0 Å². The number of aromatic nitrogens is 1. The summed E-state index contributed by atoms with van der Waals surface area (Å²) in [5.41, 5.74) is 3.53. The van der Waals surface area contributed by atoms with Crippen LogP contribution in [0.1, 0.15) is 36.0 Å². The molecular formula is C21H21F2NS. The molecule has 4 rings (SSSR count). The van der Waals surface area contributed by atoms with Gasteiger partial charge in [0.2, 0.25) is 0 Å². The van der Waals surface area contributed by atoms with Gasteiger partial charge < -0.3 is 0 Å². The van der Waals surface area contributed by atoms with Crippen LogP contribution in [0.2, 0.25) is 0 Å². The maximum absolute atomic E-state index is 13.9. The van der Waals surface area contributed by atoms with Crippen molar-refractivity contribution in [3.63, 3.8) is 0 Å². The van der Waals surface area contributed by atoms with Crippen LogP contribution in [-0.2, 0) is 18.3 Å². The molecule has 3 aromatic rings. The molecule has 1 aliphatic rings.